The van der Waals surface area contributed by atoms with Crippen LogP contribution in [0.15, 0.2) is 12.2 Å². The molecule has 3 N–H and O–H groups in total. The number of hydrogen-bond donors (Lipinski definition) is 3. The Bertz CT molecular complexity index is 228. The number of carbonyl (C=O) groups is 1. The SMILES string of the molecule is O=C(O)/C=C/CNCC1CCCC(O)C1. The van der Waals surface area contributed by atoms with E-state index in [1.54, 1.807) is 6.08 Å². The van der Waals surface area contributed by atoms with E-state index in [4.69, 9.17) is 5.11 Å². The molecular formula is C11H19NO3. The van der Waals surface area contributed by atoms with Gasteiger partial charge in [-0.3, -0.25) is 0 Å². The number of hydrogen-bond acceptors (Lipinski definition) is 3. The minimum atomic E-state index is -0.912. The first-order valence-electron chi connectivity index (χ1n) is 5.46. The van der Waals surface area contributed by atoms with Crippen molar-refractivity contribution in [2.45, 2.75) is 31.8 Å². The molecule has 2 unspecified atom stereocenters. The zero-order valence-corrected chi connectivity index (χ0v) is 8.85. The van der Waals surface area contributed by atoms with Gasteiger partial charge in [-0.1, -0.05) is 12.5 Å². The second-order valence-electron chi connectivity index (χ2n) is 4.09. The predicted molar refractivity (Wildman–Crippen MR) is 57.6 cm³/mol. The molecule has 0 aromatic heterocycles. The second-order valence-corrected chi connectivity index (χ2v) is 4.09. The first kappa shape index (κ1) is 12.2. The van der Waals surface area contributed by atoms with Gasteiger partial charge in [-0.05, 0) is 31.7 Å². The Kier molecular flexibility index (Phi) is 5.36. The van der Waals surface area contributed by atoms with Crippen molar-refractivity contribution < 1.29 is 15.0 Å². The van der Waals surface area contributed by atoms with Gasteiger partial charge < -0.3 is 15.5 Å². The molecule has 0 aromatic rings. The average Bonchev–Trinajstić information content (AvgIpc) is 2.17. The highest BCUT2D eigenvalue weighted by atomic mass is 16.4. The van der Waals surface area contributed by atoms with Crippen LogP contribution in [0.1, 0.15) is 25.7 Å². The van der Waals surface area contributed by atoms with Gasteiger partial charge in [-0.25, -0.2) is 4.79 Å². The maximum atomic E-state index is 10.2. The summed E-state index contributed by atoms with van der Waals surface area (Å²) in [6.07, 6.45) is 6.65. The second kappa shape index (κ2) is 6.58. The fraction of sp³-hybridized carbons (Fsp3) is 0.727. The molecule has 1 rings (SSSR count). The van der Waals surface area contributed by atoms with E-state index in [-0.39, 0.29) is 6.10 Å². The van der Waals surface area contributed by atoms with Crippen molar-refractivity contribution in [1.29, 1.82) is 0 Å². The Labute approximate surface area is 90.0 Å². The molecule has 0 heterocycles. The summed E-state index contributed by atoms with van der Waals surface area (Å²) in [6, 6.07) is 0. The van der Waals surface area contributed by atoms with Crippen LogP contribution in [0.2, 0.25) is 0 Å². The van der Waals surface area contributed by atoms with Crippen molar-refractivity contribution in [2.75, 3.05) is 13.1 Å². The Hall–Kier alpha value is -0.870. The Morgan fingerprint density at radius 3 is 2.93 bits per heavy atom. The molecule has 0 aromatic carbocycles. The third kappa shape index (κ3) is 5.54. The highest BCUT2D eigenvalue weighted by Crippen LogP contribution is 2.23. The Morgan fingerprint density at radius 2 is 2.27 bits per heavy atom. The molecule has 0 radical (unpaired) electrons. The number of aliphatic carboxylic acids is 1. The maximum absolute atomic E-state index is 10.2. The first-order valence-corrected chi connectivity index (χ1v) is 5.46. The van der Waals surface area contributed by atoms with E-state index < -0.39 is 5.97 Å². The fourth-order valence-electron chi connectivity index (χ4n) is 1.98. The van der Waals surface area contributed by atoms with Crippen molar-refractivity contribution in [3.8, 4) is 0 Å². The summed E-state index contributed by atoms with van der Waals surface area (Å²) in [5.41, 5.74) is 0. The number of carboxylic acid groups (broad SMARTS) is 1. The van der Waals surface area contributed by atoms with Gasteiger partial charge in [-0.2, -0.15) is 0 Å². The molecule has 2 atom stereocenters. The number of aliphatic hydroxyl groups excluding tert-OH is 1. The molecular weight excluding hydrogens is 194 g/mol. The van der Waals surface area contributed by atoms with Gasteiger partial charge in [0.2, 0.25) is 0 Å². The van der Waals surface area contributed by atoms with Crippen LogP contribution >= 0.6 is 0 Å². The van der Waals surface area contributed by atoms with Gasteiger partial charge in [-0.15, -0.1) is 0 Å². The fourth-order valence-corrected chi connectivity index (χ4v) is 1.98. The quantitative estimate of drug-likeness (QED) is 0.466. The van der Waals surface area contributed by atoms with E-state index in [1.807, 2.05) is 0 Å². The normalized spacial score (nSPS) is 27.0. The lowest BCUT2D eigenvalue weighted by Crippen LogP contribution is -2.29. The molecule has 15 heavy (non-hydrogen) atoms. The monoisotopic (exact) mass is 213 g/mol. The molecule has 0 spiro atoms. The maximum Gasteiger partial charge on any atom is 0.328 e. The summed E-state index contributed by atoms with van der Waals surface area (Å²) in [4.78, 5) is 10.2. The minimum absolute atomic E-state index is 0.139. The van der Waals surface area contributed by atoms with Gasteiger partial charge in [0.1, 0.15) is 0 Å². The van der Waals surface area contributed by atoms with Crippen LogP contribution in [0.5, 0.6) is 0 Å². The summed E-state index contributed by atoms with van der Waals surface area (Å²) >= 11 is 0. The van der Waals surface area contributed by atoms with Gasteiger partial charge in [0.05, 0.1) is 6.10 Å². The number of rotatable bonds is 5. The van der Waals surface area contributed by atoms with Crippen LogP contribution in [0.3, 0.4) is 0 Å². The summed E-state index contributed by atoms with van der Waals surface area (Å²) in [5, 5.41) is 21.0. The lowest BCUT2D eigenvalue weighted by molar-refractivity contribution is -0.131. The van der Waals surface area contributed by atoms with E-state index in [1.165, 1.54) is 0 Å². The van der Waals surface area contributed by atoms with E-state index in [0.29, 0.717) is 12.5 Å². The van der Waals surface area contributed by atoms with Crippen LogP contribution in [-0.4, -0.2) is 35.4 Å². The molecule has 4 heteroatoms. The molecule has 1 saturated carbocycles. The third-order valence-corrected chi connectivity index (χ3v) is 2.71. The first-order chi connectivity index (χ1) is 7.18. The largest absolute Gasteiger partial charge is 0.478 e. The van der Waals surface area contributed by atoms with Crippen LogP contribution in [-0.2, 0) is 4.79 Å². The van der Waals surface area contributed by atoms with E-state index in [0.717, 1.165) is 38.3 Å². The number of aliphatic hydroxyl groups is 1. The third-order valence-electron chi connectivity index (χ3n) is 2.71. The zero-order chi connectivity index (χ0) is 11.1. The average molecular weight is 213 g/mol. The van der Waals surface area contributed by atoms with E-state index in [2.05, 4.69) is 5.32 Å². The molecule has 1 fully saturated rings. The Morgan fingerprint density at radius 1 is 1.47 bits per heavy atom. The van der Waals surface area contributed by atoms with Gasteiger partial charge >= 0.3 is 5.97 Å². The van der Waals surface area contributed by atoms with Crippen LogP contribution in [0.25, 0.3) is 0 Å². The standard InChI is InChI=1S/C11H19NO3/c13-10-4-1-3-9(7-10)8-12-6-2-5-11(14)15/h2,5,9-10,12-13H,1,3-4,6-8H2,(H,14,15)/b5-2+. The van der Waals surface area contributed by atoms with Crippen molar-refractivity contribution in [1.82, 2.24) is 5.32 Å². The summed E-state index contributed by atoms with van der Waals surface area (Å²) in [6.45, 7) is 1.44. The summed E-state index contributed by atoms with van der Waals surface area (Å²) in [7, 11) is 0. The molecule has 1 aliphatic rings. The number of nitrogens with one attached hydrogen (secondary N) is 1. The molecule has 1 aliphatic carbocycles. The zero-order valence-electron chi connectivity index (χ0n) is 8.85. The van der Waals surface area contributed by atoms with Crippen LogP contribution in [0.4, 0.5) is 0 Å². The van der Waals surface area contributed by atoms with E-state index >= 15 is 0 Å². The predicted octanol–water partition coefficient (Wildman–Crippen LogP) is 0.768. The van der Waals surface area contributed by atoms with Gasteiger partial charge in [0.15, 0.2) is 0 Å². The van der Waals surface area contributed by atoms with Crippen molar-refractivity contribution in [2.24, 2.45) is 5.92 Å². The van der Waals surface area contributed by atoms with Crippen molar-refractivity contribution in [3.63, 3.8) is 0 Å². The molecule has 0 amide bonds. The van der Waals surface area contributed by atoms with Crippen molar-refractivity contribution in [3.05, 3.63) is 12.2 Å². The topological polar surface area (TPSA) is 69.6 Å². The molecule has 0 aliphatic heterocycles. The lowest BCUT2D eigenvalue weighted by atomic mass is 9.87. The summed E-state index contributed by atoms with van der Waals surface area (Å²) < 4.78 is 0. The molecule has 0 saturated heterocycles. The molecule has 86 valence electrons. The van der Waals surface area contributed by atoms with Gasteiger partial charge in [0.25, 0.3) is 0 Å². The van der Waals surface area contributed by atoms with Crippen LogP contribution in [0, 0.1) is 5.92 Å². The Balaban J connectivity index is 2.06. The molecule has 4 nitrogen and oxygen atoms in total. The van der Waals surface area contributed by atoms with Gasteiger partial charge in [0, 0.05) is 12.6 Å². The smallest absolute Gasteiger partial charge is 0.328 e. The van der Waals surface area contributed by atoms with Crippen LogP contribution < -0.4 is 5.32 Å². The summed E-state index contributed by atoms with van der Waals surface area (Å²) in [5.74, 6) is -0.378. The minimum Gasteiger partial charge on any atom is -0.478 e. The van der Waals surface area contributed by atoms with Crippen molar-refractivity contribution >= 4 is 5.97 Å². The highest BCUT2D eigenvalue weighted by Gasteiger charge is 2.19. The van der Waals surface area contributed by atoms with E-state index in [9.17, 15) is 9.90 Å². The lowest BCUT2D eigenvalue weighted by Gasteiger charge is -2.25. The molecule has 0 bridgehead atoms. The highest BCUT2D eigenvalue weighted by molar-refractivity contribution is 5.79. The number of carboxylic acids is 1.